The van der Waals surface area contributed by atoms with Gasteiger partial charge < -0.3 is 10.2 Å². The monoisotopic (exact) mass is 370 g/mol. The third-order valence-electron chi connectivity index (χ3n) is 4.13. The van der Waals surface area contributed by atoms with Gasteiger partial charge in [-0.25, -0.2) is 4.98 Å². The van der Waals surface area contributed by atoms with E-state index in [2.05, 4.69) is 10.3 Å². The maximum Gasteiger partial charge on any atom is 0.239 e. The fraction of sp³-hybridized carbons (Fsp3) is 0.316. The summed E-state index contributed by atoms with van der Waals surface area (Å²) in [6, 6.07) is 9.96. The van der Waals surface area contributed by atoms with Gasteiger partial charge in [0, 0.05) is 35.9 Å². The van der Waals surface area contributed by atoms with Crippen molar-refractivity contribution in [1.82, 2.24) is 19.6 Å². The van der Waals surface area contributed by atoms with E-state index < -0.39 is 0 Å². The number of carbonyl (C=O) groups excluding carboxylic acids is 2. The first-order valence-electron chi connectivity index (χ1n) is 8.67. The molecule has 0 fully saturated rings. The Balaban J connectivity index is 1.77. The highest BCUT2D eigenvalue weighted by Crippen LogP contribution is 2.24. The predicted octanol–water partition coefficient (Wildman–Crippen LogP) is 2.59. The average molecular weight is 370 g/mol. The molecule has 0 saturated carbocycles. The number of aromatic nitrogens is 2. The van der Waals surface area contributed by atoms with Crippen molar-refractivity contribution in [3.63, 3.8) is 0 Å². The molecule has 0 radical (unpaired) electrons. The first-order chi connectivity index (χ1) is 12.6. The second-order valence-electron chi connectivity index (χ2n) is 5.91. The van der Waals surface area contributed by atoms with Crippen LogP contribution in [0.25, 0.3) is 16.2 Å². The molecule has 136 valence electrons. The summed E-state index contributed by atoms with van der Waals surface area (Å²) in [5.74, 6) is -0.194. The molecular formula is C19H22N4O2S. The largest absolute Gasteiger partial charge is 0.355 e. The quantitative estimate of drug-likeness (QED) is 0.695. The highest BCUT2D eigenvalue weighted by atomic mass is 32.1. The molecule has 3 aromatic rings. The van der Waals surface area contributed by atoms with Crippen LogP contribution in [0.5, 0.6) is 0 Å². The number of benzene rings is 1. The van der Waals surface area contributed by atoms with Crippen LogP contribution in [0.4, 0.5) is 0 Å². The van der Waals surface area contributed by atoms with Gasteiger partial charge in [0.2, 0.25) is 11.8 Å². The third-order valence-corrected chi connectivity index (χ3v) is 5.02. The van der Waals surface area contributed by atoms with E-state index >= 15 is 0 Å². The topological polar surface area (TPSA) is 66.7 Å². The van der Waals surface area contributed by atoms with Crippen molar-refractivity contribution in [2.75, 3.05) is 19.6 Å². The number of nitrogens with zero attached hydrogens (tertiary/aromatic N) is 3. The lowest BCUT2D eigenvalue weighted by Crippen LogP contribution is -2.41. The summed E-state index contributed by atoms with van der Waals surface area (Å²) < 4.78 is 1.96. The Kier molecular flexibility index (Phi) is 5.68. The van der Waals surface area contributed by atoms with Crippen molar-refractivity contribution in [1.29, 1.82) is 0 Å². The number of carbonyl (C=O) groups is 2. The standard InChI is InChI=1S/C19H22N4O2S/c1-3-20-17(24)12-22(4-2)18(25)10-15-13-26-19-21-16(11-23(15)19)14-8-6-5-7-9-14/h5-9,11,13H,3-4,10,12H2,1-2H3,(H,20,24). The lowest BCUT2D eigenvalue weighted by atomic mass is 10.2. The first kappa shape index (κ1) is 18.1. The van der Waals surface area contributed by atoms with Gasteiger partial charge in [-0.1, -0.05) is 30.3 Å². The number of fused-ring (bicyclic) bond motifs is 1. The summed E-state index contributed by atoms with van der Waals surface area (Å²) in [6.07, 6.45) is 2.21. The summed E-state index contributed by atoms with van der Waals surface area (Å²) in [7, 11) is 0. The van der Waals surface area contributed by atoms with Crippen LogP contribution >= 0.6 is 11.3 Å². The van der Waals surface area contributed by atoms with E-state index in [1.54, 1.807) is 4.90 Å². The number of imidazole rings is 1. The average Bonchev–Trinajstić information content (AvgIpc) is 3.22. The number of hydrogen-bond acceptors (Lipinski definition) is 4. The molecule has 0 unspecified atom stereocenters. The Morgan fingerprint density at radius 2 is 2.00 bits per heavy atom. The molecule has 2 heterocycles. The zero-order valence-corrected chi connectivity index (χ0v) is 15.8. The highest BCUT2D eigenvalue weighted by molar-refractivity contribution is 7.15. The van der Waals surface area contributed by atoms with Gasteiger partial charge in [0.1, 0.15) is 0 Å². The number of nitrogens with one attached hydrogen (secondary N) is 1. The molecular weight excluding hydrogens is 348 g/mol. The Bertz CT molecular complexity index is 901. The van der Waals surface area contributed by atoms with Crippen LogP contribution in [0, 0.1) is 0 Å². The lowest BCUT2D eigenvalue weighted by molar-refractivity contribution is -0.135. The Morgan fingerprint density at radius 1 is 1.23 bits per heavy atom. The van der Waals surface area contributed by atoms with Crippen LogP contribution < -0.4 is 5.32 Å². The van der Waals surface area contributed by atoms with E-state index in [4.69, 9.17) is 0 Å². The highest BCUT2D eigenvalue weighted by Gasteiger charge is 2.18. The SMILES string of the molecule is CCNC(=O)CN(CC)C(=O)Cc1csc2nc(-c3ccccc3)cn12. The summed E-state index contributed by atoms with van der Waals surface area (Å²) in [5, 5.41) is 4.68. The predicted molar refractivity (Wildman–Crippen MR) is 103 cm³/mol. The Morgan fingerprint density at radius 3 is 2.69 bits per heavy atom. The van der Waals surface area contributed by atoms with Crippen molar-refractivity contribution >= 4 is 28.1 Å². The van der Waals surface area contributed by atoms with Gasteiger partial charge in [0.15, 0.2) is 4.96 Å². The molecule has 1 N–H and O–H groups in total. The fourth-order valence-corrected chi connectivity index (χ4v) is 3.65. The zero-order chi connectivity index (χ0) is 18.5. The van der Waals surface area contributed by atoms with Crippen molar-refractivity contribution < 1.29 is 9.59 Å². The molecule has 2 aromatic heterocycles. The number of hydrogen-bond donors (Lipinski definition) is 1. The molecule has 26 heavy (non-hydrogen) atoms. The second-order valence-corrected chi connectivity index (χ2v) is 6.75. The van der Waals surface area contributed by atoms with Crippen molar-refractivity contribution in [2.24, 2.45) is 0 Å². The molecule has 6 nitrogen and oxygen atoms in total. The van der Waals surface area contributed by atoms with Gasteiger partial charge in [0.25, 0.3) is 0 Å². The van der Waals surface area contributed by atoms with E-state index in [9.17, 15) is 9.59 Å². The zero-order valence-electron chi connectivity index (χ0n) is 14.9. The normalized spacial score (nSPS) is 10.8. The van der Waals surface area contributed by atoms with Gasteiger partial charge in [-0.05, 0) is 13.8 Å². The number of rotatable bonds is 7. The minimum absolute atomic E-state index is 0.0617. The molecule has 7 heteroatoms. The smallest absolute Gasteiger partial charge is 0.239 e. The lowest BCUT2D eigenvalue weighted by Gasteiger charge is -2.20. The van der Waals surface area contributed by atoms with Crippen LogP contribution in [-0.2, 0) is 16.0 Å². The first-order valence-corrected chi connectivity index (χ1v) is 9.55. The molecule has 0 aliphatic heterocycles. The summed E-state index contributed by atoms with van der Waals surface area (Å²) in [5.41, 5.74) is 2.83. The van der Waals surface area contributed by atoms with E-state index in [-0.39, 0.29) is 24.8 Å². The van der Waals surface area contributed by atoms with Crippen LogP contribution in [0.3, 0.4) is 0 Å². The van der Waals surface area contributed by atoms with Crippen molar-refractivity contribution in [3.8, 4) is 11.3 Å². The molecule has 1 aromatic carbocycles. The number of amides is 2. The Labute approximate surface area is 156 Å². The van der Waals surface area contributed by atoms with E-state index in [1.165, 1.54) is 11.3 Å². The van der Waals surface area contributed by atoms with E-state index in [0.29, 0.717) is 13.1 Å². The minimum atomic E-state index is -0.132. The van der Waals surface area contributed by atoms with Crippen molar-refractivity contribution in [2.45, 2.75) is 20.3 Å². The number of thiazole rings is 1. The second kappa shape index (κ2) is 8.14. The molecule has 3 rings (SSSR count). The van der Waals surface area contributed by atoms with Crippen LogP contribution in [0.15, 0.2) is 41.9 Å². The van der Waals surface area contributed by atoms with Gasteiger partial charge in [-0.2, -0.15) is 0 Å². The van der Waals surface area contributed by atoms with Gasteiger partial charge in [-0.15, -0.1) is 11.3 Å². The fourth-order valence-electron chi connectivity index (χ4n) is 2.77. The van der Waals surface area contributed by atoms with Crippen LogP contribution in [0.2, 0.25) is 0 Å². The Hall–Kier alpha value is -2.67. The third kappa shape index (κ3) is 3.94. The van der Waals surface area contributed by atoms with Crippen LogP contribution in [-0.4, -0.2) is 45.7 Å². The summed E-state index contributed by atoms with van der Waals surface area (Å²) >= 11 is 1.51. The van der Waals surface area contributed by atoms with Gasteiger partial charge in [-0.3, -0.25) is 14.0 Å². The van der Waals surface area contributed by atoms with E-state index in [0.717, 1.165) is 21.9 Å². The van der Waals surface area contributed by atoms with Crippen molar-refractivity contribution in [3.05, 3.63) is 47.6 Å². The number of likely N-dealkylation sites (N-methyl/N-ethyl adjacent to an activating group) is 2. The summed E-state index contributed by atoms with van der Waals surface area (Å²) in [4.78, 5) is 31.5. The molecule has 0 aliphatic rings. The molecule has 2 amide bonds. The minimum Gasteiger partial charge on any atom is -0.355 e. The maximum atomic E-state index is 12.6. The summed E-state index contributed by atoms with van der Waals surface area (Å²) in [6.45, 7) is 4.90. The van der Waals surface area contributed by atoms with Gasteiger partial charge >= 0.3 is 0 Å². The van der Waals surface area contributed by atoms with E-state index in [1.807, 2.05) is 60.2 Å². The maximum absolute atomic E-state index is 12.6. The van der Waals surface area contributed by atoms with Crippen LogP contribution in [0.1, 0.15) is 19.5 Å². The molecule has 0 spiro atoms. The molecule has 0 aliphatic carbocycles. The molecule has 0 bridgehead atoms. The molecule has 0 saturated heterocycles. The molecule has 0 atom stereocenters. The van der Waals surface area contributed by atoms with Gasteiger partial charge in [0.05, 0.1) is 18.7 Å².